The molecule has 26 heavy (non-hydrogen) atoms. The zero-order valence-corrected chi connectivity index (χ0v) is 14.7. The van der Waals surface area contributed by atoms with Crippen molar-refractivity contribution in [2.45, 2.75) is 11.8 Å². The Bertz CT molecular complexity index is 909. The van der Waals surface area contributed by atoms with E-state index in [4.69, 9.17) is 14.2 Å². The van der Waals surface area contributed by atoms with Crippen LogP contribution in [0.25, 0.3) is 0 Å². The van der Waals surface area contributed by atoms with Gasteiger partial charge in [-0.2, -0.15) is 0 Å². The molecule has 3 rings (SSSR count). The van der Waals surface area contributed by atoms with Gasteiger partial charge in [0, 0.05) is 6.07 Å². The second kappa shape index (κ2) is 7.12. The normalized spacial score (nSPS) is 12.7. The van der Waals surface area contributed by atoms with Crippen molar-refractivity contribution in [3.8, 4) is 17.2 Å². The minimum Gasteiger partial charge on any atom is -0.494 e. The highest BCUT2D eigenvalue weighted by Crippen LogP contribution is 2.37. The molecule has 1 aliphatic rings. The summed E-state index contributed by atoms with van der Waals surface area (Å²) in [6, 6.07) is 10.3. The fraction of sp³-hybridized carbons (Fsp3) is 0.235. The first kappa shape index (κ1) is 17.9. The van der Waals surface area contributed by atoms with Crippen LogP contribution in [-0.4, -0.2) is 39.4 Å². The third kappa shape index (κ3) is 3.52. The zero-order valence-electron chi connectivity index (χ0n) is 13.9. The number of hydrogen-bond donors (Lipinski definition) is 1. The Morgan fingerprint density at radius 2 is 1.85 bits per heavy atom. The van der Waals surface area contributed by atoms with Gasteiger partial charge in [-0.1, -0.05) is 0 Å². The molecule has 0 aromatic heterocycles. The molecule has 1 N–H and O–H groups in total. The molecule has 138 valence electrons. The average molecular weight is 379 g/mol. The standard InChI is InChI=1S/C17H17NO7S/c1-2-23-13-4-6-14(7-5-13)26(21,22)18(10-17(19)20)12-3-8-15-16(9-12)25-11-24-15/h3-9H,2,10-11H2,1H3,(H,19,20). The number of rotatable bonds is 7. The highest BCUT2D eigenvalue weighted by Gasteiger charge is 2.28. The van der Waals surface area contributed by atoms with Gasteiger partial charge in [0.25, 0.3) is 10.0 Å². The fourth-order valence-electron chi connectivity index (χ4n) is 2.48. The Labute approximate surface area is 150 Å². The maximum absolute atomic E-state index is 13.0. The van der Waals surface area contributed by atoms with Crippen molar-refractivity contribution in [2.75, 3.05) is 24.2 Å². The summed E-state index contributed by atoms with van der Waals surface area (Å²) in [5.41, 5.74) is 0.172. The van der Waals surface area contributed by atoms with Crippen molar-refractivity contribution in [2.24, 2.45) is 0 Å². The van der Waals surface area contributed by atoms with E-state index in [-0.39, 0.29) is 17.4 Å². The Hall–Kier alpha value is -2.94. The van der Waals surface area contributed by atoms with Crippen LogP contribution in [0.4, 0.5) is 5.69 Å². The summed E-state index contributed by atoms with van der Waals surface area (Å²) < 4.78 is 42.5. The Kier molecular flexibility index (Phi) is 4.90. The first-order chi connectivity index (χ1) is 12.4. The number of ether oxygens (including phenoxy) is 3. The highest BCUT2D eigenvalue weighted by atomic mass is 32.2. The topological polar surface area (TPSA) is 102 Å². The van der Waals surface area contributed by atoms with E-state index in [1.54, 1.807) is 6.07 Å². The molecule has 0 atom stereocenters. The van der Waals surface area contributed by atoms with Gasteiger partial charge >= 0.3 is 5.97 Å². The molecular formula is C17H17NO7S. The second-order valence-electron chi connectivity index (χ2n) is 5.35. The van der Waals surface area contributed by atoms with E-state index in [0.717, 1.165) is 4.31 Å². The number of anilines is 1. The van der Waals surface area contributed by atoms with Gasteiger partial charge in [0.15, 0.2) is 11.5 Å². The smallest absolute Gasteiger partial charge is 0.324 e. The van der Waals surface area contributed by atoms with Crippen LogP contribution in [-0.2, 0) is 14.8 Å². The number of nitrogens with zero attached hydrogens (tertiary/aromatic N) is 1. The molecule has 9 heteroatoms. The molecule has 0 aliphatic carbocycles. The number of sulfonamides is 1. The number of carboxylic acids is 1. The zero-order chi connectivity index (χ0) is 18.7. The maximum Gasteiger partial charge on any atom is 0.324 e. The molecule has 0 saturated carbocycles. The summed E-state index contributed by atoms with van der Waals surface area (Å²) in [6.45, 7) is 1.58. The average Bonchev–Trinajstić information content (AvgIpc) is 3.08. The SMILES string of the molecule is CCOc1ccc(S(=O)(=O)N(CC(=O)O)c2ccc3c(c2)OCO3)cc1. The van der Waals surface area contributed by atoms with Crippen molar-refractivity contribution in [3.05, 3.63) is 42.5 Å². The van der Waals surface area contributed by atoms with E-state index < -0.39 is 22.5 Å². The molecule has 2 aromatic carbocycles. The Balaban J connectivity index is 1.99. The van der Waals surface area contributed by atoms with Gasteiger partial charge < -0.3 is 19.3 Å². The van der Waals surface area contributed by atoms with Crippen LogP contribution >= 0.6 is 0 Å². The number of benzene rings is 2. The molecular weight excluding hydrogens is 362 g/mol. The van der Waals surface area contributed by atoms with Crippen LogP contribution in [0.15, 0.2) is 47.4 Å². The lowest BCUT2D eigenvalue weighted by molar-refractivity contribution is -0.135. The molecule has 8 nitrogen and oxygen atoms in total. The van der Waals surface area contributed by atoms with Crippen LogP contribution < -0.4 is 18.5 Å². The van der Waals surface area contributed by atoms with Crippen LogP contribution in [0, 0.1) is 0 Å². The lowest BCUT2D eigenvalue weighted by atomic mass is 10.3. The molecule has 1 aliphatic heterocycles. The van der Waals surface area contributed by atoms with Crippen LogP contribution in [0.5, 0.6) is 17.2 Å². The lowest BCUT2D eigenvalue weighted by Crippen LogP contribution is -2.35. The van der Waals surface area contributed by atoms with Gasteiger partial charge in [-0.3, -0.25) is 9.10 Å². The minimum absolute atomic E-state index is 0.0311. The number of carbonyl (C=O) groups is 1. The molecule has 0 spiro atoms. The van der Waals surface area contributed by atoms with Crippen molar-refractivity contribution in [3.63, 3.8) is 0 Å². The maximum atomic E-state index is 13.0. The van der Waals surface area contributed by atoms with Crippen LogP contribution in [0.3, 0.4) is 0 Å². The number of carboxylic acid groups (broad SMARTS) is 1. The van der Waals surface area contributed by atoms with E-state index in [2.05, 4.69) is 0 Å². The molecule has 0 saturated heterocycles. The van der Waals surface area contributed by atoms with Crippen molar-refractivity contribution < 1.29 is 32.5 Å². The minimum atomic E-state index is -4.10. The van der Waals surface area contributed by atoms with Gasteiger partial charge in [0.05, 0.1) is 17.2 Å². The fourth-order valence-corrected chi connectivity index (χ4v) is 3.89. The van der Waals surface area contributed by atoms with E-state index in [1.165, 1.54) is 36.4 Å². The first-order valence-electron chi connectivity index (χ1n) is 7.79. The predicted molar refractivity (Wildman–Crippen MR) is 92.3 cm³/mol. The van der Waals surface area contributed by atoms with E-state index >= 15 is 0 Å². The van der Waals surface area contributed by atoms with Crippen molar-refractivity contribution in [1.82, 2.24) is 0 Å². The summed E-state index contributed by atoms with van der Waals surface area (Å²) in [4.78, 5) is 11.2. The van der Waals surface area contributed by atoms with Crippen LogP contribution in [0.1, 0.15) is 6.92 Å². The number of hydrogen-bond acceptors (Lipinski definition) is 6. The summed E-state index contributed by atoms with van der Waals surface area (Å²) in [5.74, 6) is 0.0822. The van der Waals surface area contributed by atoms with E-state index in [1.807, 2.05) is 6.92 Å². The van der Waals surface area contributed by atoms with Gasteiger partial charge in [0.2, 0.25) is 6.79 Å². The first-order valence-corrected chi connectivity index (χ1v) is 9.23. The van der Waals surface area contributed by atoms with E-state index in [9.17, 15) is 18.3 Å². The van der Waals surface area contributed by atoms with Gasteiger partial charge in [0.1, 0.15) is 12.3 Å². The highest BCUT2D eigenvalue weighted by molar-refractivity contribution is 7.92. The number of fused-ring (bicyclic) bond motifs is 1. The summed E-state index contributed by atoms with van der Waals surface area (Å²) >= 11 is 0. The third-order valence-electron chi connectivity index (χ3n) is 3.65. The largest absolute Gasteiger partial charge is 0.494 e. The molecule has 1 heterocycles. The van der Waals surface area contributed by atoms with E-state index in [0.29, 0.717) is 23.9 Å². The quantitative estimate of drug-likeness (QED) is 0.786. The van der Waals surface area contributed by atoms with Crippen molar-refractivity contribution >= 4 is 21.7 Å². The van der Waals surface area contributed by atoms with Gasteiger partial charge in [-0.05, 0) is 43.3 Å². The molecule has 0 bridgehead atoms. The molecule has 2 aromatic rings. The molecule has 0 radical (unpaired) electrons. The molecule has 0 unspecified atom stereocenters. The molecule has 0 amide bonds. The predicted octanol–water partition coefficient (Wildman–Crippen LogP) is 2.09. The molecule has 0 fully saturated rings. The van der Waals surface area contributed by atoms with Gasteiger partial charge in [-0.25, -0.2) is 8.42 Å². The van der Waals surface area contributed by atoms with Gasteiger partial charge in [-0.15, -0.1) is 0 Å². The monoisotopic (exact) mass is 379 g/mol. The lowest BCUT2D eigenvalue weighted by Gasteiger charge is -2.23. The second-order valence-corrected chi connectivity index (χ2v) is 7.21. The summed E-state index contributed by atoms with van der Waals surface area (Å²) in [6.07, 6.45) is 0. The summed E-state index contributed by atoms with van der Waals surface area (Å²) in [5, 5.41) is 9.18. The Morgan fingerprint density at radius 3 is 2.50 bits per heavy atom. The van der Waals surface area contributed by atoms with Crippen LogP contribution in [0.2, 0.25) is 0 Å². The van der Waals surface area contributed by atoms with Crippen molar-refractivity contribution in [1.29, 1.82) is 0 Å². The third-order valence-corrected chi connectivity index (χ3v) is 5.43. The Morgan fingerprint density at radius 1 is 1.15 bits per heavy atom. The number of aliphatic carboxylic acids is 1. The summed E-state index contributed by atoms with van der Waals surface area (Å²) in [7, 11) is -4.10.